The van der Waals surface area contributed by atoms with Gasteiger partial charge in [0.1, 0.15) is 5.75 Å². The Morgan fingerprint density at radius 1 is 1.14 bits per heavy atom. The Morgan fingerprint density at radius 3 is 2.48 bits per heavy atom. The van der Waals surface area contributed by atoms with Gasteiger partial charge in [-0.1, -0.05) is 24.3 Å². The fourth-order valence-corrected chi connectivity index (χ4v) is 3.09. The number of hydrogen-bond donors (Lipinski definition) is 1. The van der Waals surface area contributed by atoms with Crippen molar-refractivity contribution in [3.05, 3.63) is 48.5 Å². The van der Waals surface area contributed by atoms with Crippen LogP contribution in [0.25, 0.3) is 0 Å². The molecule has 0 spiro atoms. The highest BCUT2D eigenvalue weighted by molar-refractivity contribution is 6.04. The molecule has 154 valence electrons. The van der Waals surface area contributed by atoms with Gasteiger partial charge >= 0.3 is 6.36 Å². The molecule has 0 bridgehead atoms. The Bertz CT molecular complexity index is 901. The van der Waals surface area contributed by atoms with Crippen molar-refractivity contribution in [2.75, 3.05) is 23.4 Å². The summed E-state index contributed by atoms with van der Waals surface area (Å²) in [6, 6.07) is 12.2. The zero-order valence-electron chi connectivity index (χ0n) is 15.5. The first kappa shape index (κ1) is 20.5. The average Bonchev–Trinajstić information content (AvgIpc) is 3.05. The van der Waals surface area contributed by atoms with E-state index in [1.54, 1.807) is 24.3 Å². The van der Waals surface area contributed by atoms with Gasteiger partial charge in [0.15, 0.2) is 5.75 Å². The van der Waals surface area contributed by atoms with Gasteiger partial charge < -0.3 is 19.7 Å². The molecule has 0 saturated carbocycles. The second-order valence-electron chi connectivity index (χ2n) is 6.34. The summed E-state index contributed by atoms with van der Waals surface area (Å²) in [5.74, 6) is -1.55. The van der Waals surface area contributed by atoms with Gasteiger partial charge in [0.25, 0.3) is 0 Å². The van der Waals surface area contributed by atoms with Crippen molar-refractivity contribution >= 4 is 23.2 Å². The third-order valence-electron chi connectivity index (χ3n) is 4.32. The van der Waals surface area contributed by atoms with E-state index in [1.165, 1.54) is 23.1 Å². The Hall–Kier alpha value is -3.23. The first-order chi connectivity index (χ1) is 13.8. The normalized spacial score (nSPS) is 16.6. The fourth-order valence-electron chi connectivity index (χ4n) is 3.09. The van der Waals surface area contributed by atoms with Gasteiger partial charge in [0.05, 0.1) is 23.9 Å². The molecule has 1 aliphatic rings. The Morgan fingerprint density at radius 2 is 1.79 bits per heavy atom. The number of nitrogens with zero attached hydrogens (tertiary/aromatic N) is 1. The smallest absolute Gasteiger partial charge is 0.492 e. The molecule has 3 rings (SSSR count). The number of halogens is 3. The fraction of sp³-hybridized carbons (Fsp3) is 0.300. The molecule has 2 aromatic rings. The Balaban J connectivity index is 1.74. The number of rotatable bonds is 6. The zero-order chi connectivity index (χ0) is 21.0. The first-order valence-corrected chi connectivity index (χ1v) is 8.96. The molecule has 29 heavy (non-hydrogen) atoms. The lowest BCUT2D eigenvalue weighted by Gasteiger charge is -2.20. The summed E-state index contributed by atoms with van der Waals surface area (Å²) in [4.78, 5) is 26.5. The summed E-state index contributed by atoms with van der Waals surface area (Å²) >= 11 is 0. The number of amides is 2. The van der Waals surface area contributed by atoms with Gasteiger partial charge in [-0.3, -0.25) is 9.59 Å². The molecule has 0 aliphatic carbocycles. The average molecular weight is 408 g/mol. The van der Waals surface area contributed by atoms with Crippen LogP contribution in [0.3, 0.4) is 0 Å². The van der Waals surface area contributed by atoms with Crippen LogP contribution in [-0.4, -0.2) is 31.3 Å². The highest BCUT2D eigenvalue weighted by Gasteiger charge is 2.37. The molecular weight excluding hydrogens is 389 g/mol. The topological polar surface area (TPSA) is 67.9 Å². The van der Waals surface area contributed by atoms with Gasteiger partial charge in [-0.2, -0.15) is 0 Å². The van der Waals surface area contributed by atoms with Crippen LogP contribution in [0.1, 0.15) is 13.3 Å². The molecule has 2 aromatic carbocycles. The van der Waals surface area contributed by atoms with Crippen LogP contribution in [0.5, 0.6) is 11.5 Å². The number of anilines is 2. The molecule has 9 heteroatoms. The molecule has 0 aromatic heterocycles. The number of alkyl halides is 3. The Kier molecular flexibility index (Phi) is 5.95. The highest BCUT2D eigenvalue weighted by atomic mass is 19.4. The summed E-state index contributed by atoms with van der Waals surface area (Å²) in [6.45, 7) is 2.33. The van der Waals surface area contributed by atoms with Crippen LogP contribution in [0, 0.1) is 5.92 Å². The minimum atomic E-state index is -4.88. The van der Waals surface area contributed by atoms with Crippen LogP contribution < -0.4 is 19.7 Å². The van der Waals surface area contributed by atoms with E-state index in [4.69, 9.17) is 4.74 Å². The molecule has 1 unspecified atom stereocenters. The van der Waals surface area contributed by atoms with E-state index in [1.807, 2.05) is 6.92 Å². The lowest BCUT2D eigenvalue weighted by Crippen LogP contribution is -2.28. The van der Waals surface area contributed by atoms with Gasteiger partial charge in [-0.25, -0.2) is 0 Å². The number of nitrogens with one attached hydrogen (secondary N) is 1. The Labute approximate surface area is 165 Å². The number of carbonyl (C=O) groups excluding carboxylic acids is 2. The quantitative estimate of drug-likeness (QED) is 0.785. The molecule has 1 fully saturated rings. The molecule has 1 atom stereocenters. The van der Waals surface area contributed by atoms with E-state index in [0.29, 0.717) is 18.0 Å². The van der Waals surface area contributed by atoms with E-state index < -0.39 is 23.9 Å². The highest BCUT2D eigenvalue weighted by Crippen LogP contribution is 2.34. The maximum atomic E-state index is 12.6. The minimum absolute atomic E-state index is 0.0609. The van der Waals surface area contributed by atoms with E-state index >= 15 is 0 Å². The predicted octanol–water partition coefficient (Wildman–Crippen LogP) is 3.98. The lowest BCUT2D eigenvalue weighted by molar-refractivity contribution is -0.274. The van der Waals surface area contributed by atoms with E-state index in [9.17, 15) is 22.8 Å². The van der Waals surface area contributed by atoms with E-state index in [0.717, 1.165) is 6.07 Å². The number of hydrogen-bond acceptors (Lipinski definition) is 4. The summed E-state index contributed by atoms with van der Waals surface area (Å²) in [7, 11) is 0. The number of benzene rings is 2. The SMILES string of the molecule is CCOc1ccccc1N1CC(C(=O)Nc2ccccc2OC(F)(F)F)CC1=O. The van der Waals surface area contributed by atoms with E-state index in [2.05, 4.69) is 10.1 Å². The molecule has 1 saturated heterocycles. The minimum Gasteiger partial charge on any atom is -0.492 e. The second kappa shape index (κ2) is 8.42. The van der Waals surface area contributed by atoms with Crippen molar-refractivity contribution in [1.29, 1.82) is 0 Å². The zero-order valence-corrected chi connectivity index (χ0v) is 15.5. The summed E-state index contributed by atoms with van der Waals surface area (Å²) in [5.41, 5.74) is 0.436. The molecule has 1 heterocycles. The summed E-state index contributed by atoms with van der Waals surface area (Å²) in [5, 5.41) is 2.43. The van der Waals surface area contributed by atoms with Crippen LogP contribution in [0.4, 0.5) is 24.5 Å². The first-order valence-electron chi connectivity index (χ1n) is 8.96. The monoisotopic (exact) mass is 408 g/mol. The van der Waals surface area contributed by atoms with Crippen molar-refractivity contribution in [3.8, 4) is 11.5 Å². The molecule has 2 amide bonds. The number of carbonyl (C=O) groups is 2. The molecular formula is C20H19F3N2O4. The van der Waals surface area contributed by atoms with Gasteiger partial charge in [-0.15, -0.1) is 13.2 Å². The van der Waals surface area contributed by atoms with Gasteiger partial charge in [0.2, 0.25) is 11.8 Å². The van der Waals surface area contributed by atoms with Crippen LogP contribution >= 0.6 is 0 Å². The maximum absolute atomic E-state index is 12.6. The van der Waals surface area contributed by atoms with Crippen molar-refractivity contribution in [1.82, 2.24) is 0 Å². The van der Waals surface area contributed by atoms with Crippen molar-refractivity contribution in [2.45, 2.75) is 19.7 Å². The largest absolute Gasteiger partial charge is 0.573 e. The molecule has 0 radical (unpaired) electrons. The van der Waals surface area contributed by atoms with Crippen molar-refractivity contribution < 1.29 is 32.2 Å². The lowest BCUT2D eigenvalue weighted by atomic mass is 10.1. The van der Waals surface area contributed by atoms with Crippen LogP contribution in [0.15, 0.2) is 48.5 Å². The molecule has 1 aliphatic heterocycles. The third-order valence-corrected chi connectivity index (χ3v) is 4.32. The standard InChI is InChI=1S/C20H19F3N2O4/c1-2-28-17-10-6-4-8-15(17)25-12-13(11-18(25)26)19(27)24-14-7-3-5-9-16(14)29-20(21,22)23/h3-10,13H,2,11-12H2,1H3,(H,24,27). The van der Waals surface area contributed by atoms with Crippen molar-refractivity contribution in [3.63, 3.8) is 0 Å². The molecule has 6 nitrogen and oxygen atoms in total. The number of para-hydroxylation sites is 4. The summed E-state index contributed by atoms with van der Waals surface area (Å²) in [6.07, 6.45) is -4.95. The number of ether oxygens (including phenoxy) is 2. The maximum Gasteiger partial charge on any atom is 0.573 e. The molecule has 1 N–H and O–H groups in total. The second-order valence-corrected chi connectivity index (χ2v) is 6.34. The predicted molar refractivity (Wildman–Crippen MR) is 99.8 cm³/mol. The van der Waals surface area contributed by atoms with Crippen molar-refractivity contribution in [2.24, 2.45) is 5.92 Å². The van der Waals surface area contributed by atoms with E-state index in [-0.39, 0.29) is 24.6 Å². The van der Waals surface area contributed by atoms with Gasteiger partial charge in [-0.05, 0) is 31.2 Å². The van der Waals surface area contributed by atoms with Gasteiger partial charge in [0, 0.05) is 13.0 Å². The summed E-state index contributed by atoms with van der Waals surface area (Å²) < 4.78 is 47.1. The van der Waals surface area contributed by atoms with Crippen LogP contribution in [0.2, 0.25) is 0 Å². The van der Waals surface area contributed by atoms with Crippen LogP contribution in [-0.2, 0) is 9.59 Å². The third kappa shape index (κ3) is 4.98.